The molecule has 1 N–H and O–H groups in total. The molecule has 114 valence electrons. The first-order chi connectivity index (χ1) is 9.69. The maximum Gasteiger partial charge on any atom is 0.142 e. The number of nitrogens with one attached hydrogen (secondary N) is 1. The Hall–Kier alpha value is -0.600. The zero-order valence-electron chi connectivity index (χ0n) is 12.7. The standard InChI is InChI=1S/C17H27ClFN/c1-3-5-6-7-8-11-15(20-4-2)13-14-10-9-12-16(19)17(14)18/h9-10,12,15,20H,3-8,11,13H2,1-2H3. The molecule has 0 saturated heterocycles. The minimum atomic E-state index is -0.317. The summed E-state index contributed by atoms with van der Waals surface area (Å²) in [6.07, 6.45) is 8.35. The van der Waals surface area contributed by atoms with E-state index in [1.165, 1.54) is 38.2 Å². The van der Waals surface area contributed by atoms with Crippen molar-refractivity contribution in [2.75, 3.05) is 6.54 Å². The lowest BCUT2D eigenvalue weighted by atomic mass is 9.99. The van der Waals surface area contributed by atoms with Gasteiger partial charge in [0.05, 0.1) is 5.02 Å². The van der Waals surface area contributed by atoms with Crippen LogP contribution in [0.5, 0.6) is 0 Å². The van der Waals surface area contributed by atoms with E-state index in [1.54, 1.807) is 6.07 Å². The van der Waals surface area contributed by atoms with Gasteiger partial charge in [-0.2, -0.15) is 0 Å². The highest BCUT2D eigenvalue weighted by atomic mass is 35.5. The summed E-state index contributed by atoms with van der Waals surface area (Å²) >= 11 is 6.04. The van der Waals surface area contributed by atoms with Crippen LogP contribution in [-0.2, 0) is 6.42 Å². The molecule has 20 heavy (non-hydrogen) atoms. The van der Waals surface area contributed by atoms with Crippen molar-refractivity contribution in [2.45, 2.75) is 64.8 Å². The molecule has 0 aliphatic carbocycles. The van der Waals surface area contributed by atoms with Crippen LogP contribution in [0.2, 0.25) is 5.02 Å². The molecule has 0 radical (unpaired) electrons. The van der Waals surface area contributed by atoms with Crippen molar-refractivity contribution in [1.29, 1.82) is 0 Å². The minimum absolute atomic E-state index is 0.279. The average Bonchev–Trinajstić information content (AvgIpc) is 2.43. The van der Waals surface area contributed by atoms with Gasteiger partial charge in [-0.05, 0) is 31.0 Å². The van der Waals surface area contributed by atoms with Gasteiger partial charge in [0.2, 0.25) is 0 Å². The van der Waals surface area contributed by atoms with Crippen molar-refractivity contribution < 1.29 is 4.39 Å². The fraction of sp³-hybridized carbons (Fsp3) is 0.647. The Kier molecular flexibility index (Phi) is 8.88. The number of likely N-dealkylation sites (N-methyl/N-ethyl adjacent to an activating group) is 1. The summed E-state index contributed by atoms with van der Waals surface area (Å²) in [6, 6.07) is 5.47. The summed E-state index contributed by atoms with van der Waals surface area (Å²) < 4.78 is 13.5. The van der Waals surface area contributed by atoms with Crippen molar-refractivity contribution in [1.82, 2.24) is 5.32 Å². The lowest BCUT2D eigenvalue weighted by Crippen LogP contribution is -2.31. The Bertz CT molecular complexity index is 381. The molecule has 0 aromatic heterocycles. The Labute approximate surface area is 127 Å². The third-order valence-electron chi connectivity index (χ3n) is 3.65. The zero-order valence-corrected chi connectivity index (χ0v) is 13.5. The third-order valence-corrected chi connectivity index (χ3v) is 4.07. The van der Waals surface area contributed by atoms with Gasteiger partial charge in [0.15, 0.2) is 0 Å². The Morgan fingerprint density at radius 3 is 2.60 bits per heavy atom. The molecule has 0 amide bonds. The number of hydrogen-bond donors (Lipinski definition) is 1. The smallest absolute Gasteiger partial charge is 0.142 e. The summed E-state index contributed by atoms with van der Waals surface area (Å²) in [5.41, 5.74) is 0.908. The summed E-state index contributed by atoms with van der Waals surface area (Å²) in [4.78, 5) is 0. The number of benzene rings is 1. The van der Waals surface area contributed by atoms with E-state index in [4.69, 9.17) is 11.6 Å². The molecular formula is C17H27ClFN. The molecule has 1 atom stereocenters. The van der Waals surface area contributed by atoms with Crippen molar-refractivity contribution in [3.05, 3.63) is 34.6 Å². The van der Waals surface area contributed by atoms with Gasteiger partial charge >= 0.3 is 0 Å². The number of halogens is 2. The van der Waals surface area contributed by atoms with Crippen LogP contribution in [0.25, 0.3) is 0 Å². The average molecular weight is 300 g/mol. The van der Waals surface area contributed by atoms with E-state index >= 15 is 0 Å². The van der Waals surface area contributed by atoms with E-state index in [2.05, 4.69) is 19.2 Å². The normalized spacial score (nSPS) is 12.6. The maximum absolute atomic E-state index is 13.5. The summed E-state index contributed by atoms with van der Waals surface area (Å²) in [6.45, 7) is 5.28. The predicted molar refractivity (Wildman–Crippen MR) is 86.0 cm³/mol. The second kappa shape index (κ2) is 10.2. The predicted octanol–water partition coefficient (Wildman–Crippen LogP) is 5.36. The van der Waals surface area contributed by atoms with E-state index < -0.39 is 0 Å². The molecule has 1 rings (SSSR count). The van der Waals surface area contributed by atoms with Crippen molar-refractivity contribution in [3.8, 4) is 0 Å². The number of unbranched alkanes of at least 4 members (excludes halogenated alkanes) is 4. The fourth-order valence-corrected chi connectivity index (χ4v) is 2.73. The van der Waals surface area contributed by atoms with E-state index in [0.717, 1.165) is 24.9 Å². The molecule has 1 nitrogen and oxygen atoms in total. The summed E-state index contributed by atoms with van der Waals surface area (Å²) in [7, 11) is 0. The maximum atomic E-state index is 13.5. The molecule has 0 aliphatic rings. The highest BCUT2D eigenvalue weighted by Crippen LogP contribution is 2.22. The first-order valence-electron chi connectivity index (χ1n) is 7.85. The first kappa shape index (κ1) is 17.5. The molecule has 0 bridgehead atoms. The van der Waals surface area contributed by atoms with Crippen LogP contribution in [0.15, 0.2) is 18.2 Å². The summed E-state index contributed by atoms with van der Waals surface area (Å²) in [5, 5.41) is 3.77. The molecular weight excluding hydrogens is 273 g/mol. The van der Waals surface area contributed by atoms with Gasteiger partial charge in [0.25, 0.3) is 0 Å². The van der Waals surface area contributed by atoms with Gasteiger partial charge in [-0.1, -0.05) is 69.7 Å². The highest BCUT2D eigenvalue weighted by molar-refractivity contribution is 6.31. The van der Waals surface area contributed by atoms with E-state index in [0.29, 0.717) is 6.04 Å². The molecule has 1 unspecified atom stereocenters. The van der Waals surface area contributed by atoms with Gasteiger partial charge in [0.1, 0.15) is 5.82 Å². The lowest BCUT2D eigenvalue weighted by molar-refractivity contribution is 0.460. The summed E-state index contributed by atoms with van der Waals surface area (Å²) in [5.74, 6) is -0.317. The van der Waals surface area contributed by atoms with Crippen LogP contribution in [0.1, 0.15) is 57.9 Å². The van der Waals surface area contributed by atoms with Crippen molar-refractivity contribution >= 4 is 11.6 Å². The molecule has 0 heterocycles. The van der Waals surface area contributed by atoms with Gasteiger partial charge < -0.3 is 5.32 Å². The molecule has 0 spiro atoms. The molecule has 3 heteroatoms. The van der Waals surface area contributed by atoms with E-state index in [-0.39, 0.29) is 10.8 Å². The van der Waals surface area contributed by atoms with Crippen LogP contribution >= 0.6 is 11.6 Å². The van der Waals surface area contributed by atoms with Crippen molar-refractivity contribution in [3.63, 3.8) is 0 Å². The molecule has 1 aromatic carbocycles. The van der Waals surface area contributed by atoms with Gasteiger partial charge in [-0.15, -0.1) is 0 Å². The second-order valence-corrected chi connectivity index (χ2v) is 5.75. The van der Waals surface area contributed by atoms with Crippen LogP contribution < -0.4 is 5.32 Å². The number of hydrogen-bond acceptors (Lipinski definition) is 1. The third kappa shape index (κ3) is 6.23. The molecule has 0 fully saturated rings. The monoisotopic (exact) mass is 299 g/mol. The fourth-order valence-electron chi connectivity index (χ4n) is 2.53. The SMILES string of the molecule is CCCCCCCC(Cc1cccc(F)c1Cl)NCC. The van der Waals surface area contributed by atoms with E-state index in [1.807, 2.05) is 6.07 Å². The van der Waals surface area contributed by atoms with Gasteiger partial charge in [0, 0.05) is 6.04 Å². The molecule has 1 aromatic rings. The Morgan fingerprint density at radius 1 is 1.15 bits per heavy atom. The first-order valence-corrected chi connectivity index (χ1v) is 8.23. The Morgan fingerprint density at radius 2 is 1.90 bits per heavy atom. The molecule has 0 saturated carbocycles. The zero-order chi connectivity index (χ0) is 14.8. The van der Waals surface area contributed by atoms with Crippen molar-refractivity contribution in [2.24, 2.45) is 0 Å². The van der Waals surface area contributed by atoms with Crippen LogP contribution in [-0.4, -0.2) is 12.6 Å². The van der Waals surface area contributed by atoms with Crippen LogP contribution in [0, 0.1) is 5.82 Å². The topological polar surface area (TPSA) is 12.0 Å². The van der Waals surface area contributed by atoms with Gasteiger partial charge in [-0.3, -0.25) is 0 Å². The van der Waals surface area contributed by atoms with E-state index in [9.17, 15) is 4.39 Å². The van der Waals surface area contributed by atoms with Crippen LogP contribution in [0.4, 0.5) is 4.39 Å². The second-order valence-electron chi connectivity index (χ2n) is 5.37. The Balaban J connectivity index is 2.47. The van der Waals surface area contributed by atoms with Crippen LogP contribution in [0.3, 0.4) is 0 Å². The van der Waals surface area contributed by atoms with Gasteiger partial charge in [-0.25, -0.2) is 4.39 Å². The number of rotatable bonds is 10. The molecule has 0 aliphatic heterocycles. The lowest BCUT2D eigenvalue weighted by Gasteiger charge is -2.18. The quantitative estimate of drug-likeness (QED) is 0.573. The largest absolute Gasteiger partial charge is 0.314 e. The highest BCUT2D eigenvalue weighted by Gasteiger charge is 2.12. The minimum Gasteiger partial charge on any atom is -0.314 e.